The number of benzene rings is 1. The van der Waals surface area contributed by atoms with Crippen LogP contribution < -0.4 is 9.47 Å². The van der Waals surface area contributed by atoms with Gasteiger partial charge in [0, 0.05) is 18.4 Å². The summed E-state index contributed by atoms with van der Waals surface area (Å²) in [6.07, 6.45) is -3.87. The standard InChI is InChI=1S/C14H17F3N4O3S/c1-22-10-4-5-12(23-2)11(8-10)21-13(18-19-20-21)25-7-3-6-24-9-14(15,16)17/h4-5,8H,3,6-7,9H2,1-2H3. The molecular weight excluding hydrogens is 361 g/mol. The lowest BCUT2D eigenvalue weighted by molar-refractivity contribution is -0.173. The van der Waals surface area contributed by atoms with Gasteiger partial charge in [0.05, 0.1) is 14.2 Å². The van der Waals surface area contributed by atoms with Gasteiger partial charge in [0.25, 0.3) is 0 Å². The first-order chi connectivity index (χ1) is 11.9. The van der Waals surface area contributed by atoms with E-state index in [1.54, 1.807) is 25.3 Å². The summed E-state index contributed by atoms with van der Waals surface area (Å²) in [7, 11) is 3.07. The maximum Gasteiger partial charge on any atom is 0.411 e. The summed E-state index contributed by atoms with van der Waals surface area (Å²) in [5.41, 5.74) is 0.600. The Bertz CT molecular complexity index is 682. The number of hydrogen-bond acceptors (Lipinski definition) is 7. The molecule has 25 heavy (non-hydrogen) atoms. The largest absolute Gasteiger partial charge is 0.497 e. The van der Waals surface area contributed by atoms with Crippen molar-refractivity contribution in [3.63, 3.8) is 0 Å². The Hall–Kier alpha value is -2.01. The number of nitrogens with zero attached hydrogens (tertiary/aromatic N) is 4. The second-order valence-electron chi connectivity index (χ2n) is 4.78. The maximum absolute atomic E-state index is 12.0. The van der Waals surface area contributed by atoms with Gasteiger partial charge in [0.1, 0.15) is 23.8 Å². The molecule has 0 unspecified atom stereocenters. The van der Waals surface area contributed by atoms with Gasteiger partial charge >= 0.3 is 6.18 Å². The second-order valence-corrected chi connectivity index (χ2v) is 5.84. The molecular formula is C14H17F3N4O3S. The summed E-state index contributed by atoms with van der Waals surface area (Å²) in [5.74, 6) is 1.68. The minimum absolute atomic E-state index is 0.0105. The first-order valence-corrected chi connectivity index (χ1v) is 8.21. The molecule has 138 valence electrons. The Morgan fingerprint density at radius 1 is 1.20 bits per heavy atom. The number of ether oxygens (including phenoxy) is 3. The smallest absolute Gasteiger partial charge is 0.411 e. The van der Waals surface area contributed by atoms with Crippen LogP contribution in [0.4, 0.5) is 13.2 Å². The summed E-state index contributed by atoms with van der Waals surface area (Å²) < 4.78 is 52.5. The van der Waals surface area contributed by atoms with E-state index in [1.165, 1.54) is 23.6 Å². The molecule has 0 atom stereocenters. The lowest BCUT2D eigenvalue weighted by Gasteiger charge is -2.11. The van der Waals surface area contributed by atoms with Crippen LogP contribution in [0.2, 0.25) is 0 Å². The topological polar surface area (TPSA) is 71.3 Å². The summed E-state index contributed by atoms with van der Waals surface area (Å²) in [6.45, 7) is -1.23. The Kier molecular flexibility index (Phi) is 6.88. The minimum Gasteiger partial charge on any atom is -0.497 e. The van der Waals surface area contributed by atoms with Gasteiger partial charge in [-0.2, -0.15) is 17.9 Å². The molecule has 7 nitrogen and oxygen atoms in total. The van der Waals surface area contributed by atoms with Gasteiger partial charge in [-0.15, -0.1) is 5.10 Å². The summed E-state index contributed by atoms with van der Waals surface area (Å²) in [6, 6.07) is 5.21. The van der Waals surface area contributed by atoms with E-state index in [4.69, 9.17) is 9.47 Å². The molecule has 0 saturated carbocycles. The molecule has 11 heteroatoms. The summed E-state index contributed by atoms with van der Waals surface area (Å²) in [5, 5.41) is 12.0. The average Bonchev–Trinajstić information content (AvgIpc) is 3.04. The molecule has 0 aliphatic heterocycles. The van der Waals surface area contributed by atoms with Crippen molar-refractivity contribution in [3.05, 3.63) is 18.2 Å². The third kappa shape index (κ3) is 5.78. The van der Waals surface area contributed by atoms with E-state index >= 15 is 0 Å². The van der Waals surface area contributed by atoms with Gasteiger partial charge < -0.3 is 14.2 Å². The highest BCUT2D eigenvalue weighted by molar-refractivity contribution is 7.99. The van der Waals surface area contributed by atoms with Crippen molar-refractivity contribution in [2.45, 2.75) is 17.8 Å². The number of alkyl halides is 3. The van der Waals surface area contributed by atoms with Gasteiger partial charge in [0.2, 0.25) is 5.16 Å². The van der Waals surface area contributed by atoms with Crippen LogP contribution >= 0.6 is 11.8 Å². The lowest BCUT2D eigenvalue weighted by Crippen LogP contribution is -2.17. The number of rotatable bonds is 9. The molecule has 0 N–H and O–H groups in total. The predicted molar refractivity (Wildman–Crippen MR) is 84.5 cm³/mol. The van der Waals surface area contributed by atoms with Crippen LogP contribution in [-0.4, -0.2) is 59.6 Å². The predicted octanol–water partition coefficient (Wildman–Crippen LogP) is 2.74. The van der Waals surface area contributed by atoms with Crippen LogP contribution in [-0.2, 0) is 4.74 Å². The van der Waals surface area contributed by atoms with Crippen LogP contribution in [0.3, 0.4) is 0 Å². The van der Waals surface area contributed by atoms with E-state index in [-0.39, 0.29) is 6.61 Å². The van der Waals surface area contributed by atoms with Crippen molar-refractivity contribution >= 4 is 11.8 Å². The summed E-state index contributed by atoms with van der Waals surface area (Å²) >= 11 is 1.31. The number of tetrazole rings is 1. The zero-order valence-electron chi connectivity index (χ0n) is 13.6. The number of hydrogen-bond donors (Lipinski definition) is 0. The third-order valence-corrected chi connectivity index (χ3v) is 3.99. The zero-order chi connectivity index (χ0) is 18.3. The lowest BCUT2D eigenvalue weighted by atomic mass is 10.3. The average molecular weight is 378 g/mol. The second kappa shape index (κ2) is 8.90. The third-order valence-electron chi connectivity index (χ3n) is 2.99. The number of halogens is 3. The van der Waals surface area contributed by atoms with E-state index in [2.05, 4.69) is 20.3 Å². The molecule has 0 saturated heterocycles. The maximum atomic E-state index is 12.0. The van der Waals surface area contributed by atoms with Gasteiger partial charge in [-0.25, -0.2) is 0 Å². The Balaban J connectivity index is 1.97. The normalized spacial score (nSPS) is 11.6. The van der Waals surface area contributed by atoms with Gasteiger partial charge in [-0.1, -0.05) is 11.8 Å². The van der Waals surface area contributed by atoms with E-state index in [0.29, 0.717) is 34.5 Å². The highest BCUT2D eigenvalue weighted by atomic mass is 32.2. The van der Waals surface area contributed by atoms with Crippen molar-refractivity contribution in [3.8, 4) is 17.2 Å². The van der Waals surface area contributed by atoms with E-state index in [1.807, 2.05) is 0 Å². The molecule has 2 aromatic rings. The van der Waals surface area contributed by atoms with E-state index in [9.17, 15) is 13.2 Å². The summed E-state index contributed by atoms with van der Waals surface area (Å²) in [4.78, 5) is 0. The molecule has 0 amide bonds. The zero-order valence-corrected chi connectivity index (χ0v) is 14.4. The fourth-order valence-electron chi connectivity index (χ4n) is 1.89. The van der Waals surface area contributed by atoms with Crippen LogP contribution in [0.5, 0.6) is 11.5 Å². The fraction of sp³-hybridized carbons (Fsp3) is 0.500. The SMILES string of the molecule is COc1ccc(OC)c(-n2nnnc2SCCCOCC(F)(F)F)c1. The molecule has 0 aliphatic carbocycles. The minimum atomic E-state index is -4.31. The van der Waals surface area contributed by atoms with Crippen molar-refractivity contribution in [2.75, 3.05) is 33.2 Å². The Morgan fingerprint density at radius 3 is 2.68 bits per heavy atom. The molecule has 0 radical (unpaired) electrons. The van der Waals surface area contributed by atoms with Gasteiger partial charge in [-0.05, 0) is 29.0 Å². The van der Waals surface area contributed by atoms with Gasteiger partial charge in [-0.3, -0.25) is 0 Å². The highest BCUT2D eigenvalue weighted by Gasteiger charge is 2.27. The molecule has 0 spiro atoms. The molecule has 2 rings (SSSR count). The molecule has 1 heterocycles. The van der Waals surface area contributed by atoms with Crippen LogP contribution in [0.25, 0.3) is 5.69 Å². The first-order valence-electron chi connectivity index (χ1n) is 7.22. The van der Waals surface area contributed by atoms with Crippen LogP contribution in [0, 0.1) is 0 Å². The molecule has 0 bridgehead atoms. The van der Waals surface area contributed by atoms with E-state index in [0.717, 1.165) is 0 Å². The van der Waals surface area contributed by atoms with Crippen molar-refractivity contribution in [1.82, 2.24) is 20.2 Å². The number of methoxy groups -OCH3 is 2. The monoisotopic (exact) mass is 378 g/mol. The number of thioether (sulfide) groups is 1. The molecule has 1 aromatic carbocycles. The fourth-order valence-corrected chi connectivity index (χ4v) is 2.69. The van der Waals surface area contributed by atoms with Crippen LogP contribution in [0.1, 0.15) is 6.42 Å². The number of aromatic nitrogens is 4. The quantitative estimate of drug-likeness (QED) is 0.491. The molecule has 0 fully saturated rings. The highest BCUT2D eigenvalue weighted by Crippen LogP contribution is 2.29. The van der Waals surface area contributed by atoms with Crippen LogP contribution in [0.15, 0.2) is 23.4 Å². The van der Waals surface area contributed by atoms with Gasteiger partial charge in [0.15, 0.2) is 0 Å². The molecule has 1 aromatic heterocycles. The first kappa shape index (κ1) is 19.3. The van der Waals surface area contributed by atoms with E-state index < -0.39 is 12.8 Å². The Labute approximate surface area is 146 Å². The Morgan fingerprint density at radius 2 is 2.00 bits per heavy atom. The van der Waals surface area contributed by atoms with Crippen molar-refractivity contribution in [1.29, 1.82) is 0 Å². The van der Waals surface area contributed by atoms with Crippen molar-refractivity contribution < 1.29 is 27.4 Å². The molecule has 0 aliphatic rings. The van der Waals surface area contributed by atoms with Crippen molar-refractivity contribution in [2.24, 2.45) is 0 Å².